The van der Waals surface area contributed by atoms with Crippen LogP contribution in [0.3, 0.4) is 0 Å². The van der Waals surface area contributed by atoms with Crippen LogP contribution in [0, 0.1) is 5.92 Å². The molecule has 0 aromatic heterocycles. The molecule has 0 saturated heterocycles. The SMILES string of the molecule is CC(C)CC(C)N(C)C(=O)Nc1ccc(O)cc1C(=O)O. The number of anilines is 1. The van der Waals surface area contributed by atoms with Gasteiger partial charge in [-0.1, -0.05) is 13.8 Å². The molecule has 0 bridgehead atoms. The van der Waals surface area contributed by atoms with Crippen molar-refractivity contribution in [1.82, 2.24) is 4.90 Å². The Labute approximate surface area is 124 Å². The van der Waals surface area contributed by atoms with Gasteiger partial charge in [0.25, 0.3) is 0 Å². The molecule has 0 aliphatic carbocycles. The van der Waals surface area contributed by atoms with Gasteiger partial charge in [0.15, 0.2) is 0 Å². The molecule has 116 valence electrons. The molecule has 0 aliphatic heterocycles. The van der Waals surface area contributed by atoms with E-state index in [1.54, 1.807) is 11.9 Å². The van der Waals surface area contributed by atoms with Gasteiger partial charge in [0.2, 0.25) is 0 Å². The summed E-state index contributed by atoms with van der Waals surface area (Å²) in [5, 5.41) is 21.0. The molecule has 6 heteroatoms. The van der Waals surface area contributed by atoms with E-state index in [4.69, 9.17) is 5.11 Å². The Hall–Kier alpha value is -2.24. The van der Waals surface area contributed by atoms with E-state index >= 15 is 0 Å². The molecule has 21 heavy (non-hydrogen) atoms. The number of nitrogens with zero attached hydrogens (tertiary/aromatic N) is 1. The molecule has 1 atom stereocenters. The smallest absolute Gasteiger partial charge is 0.337 e. The predicted octanol–water partition coefficient (Wildman–Crippen LogP) is 2.99. The zero-order valence-electron chi connectivity index (χ0n) is 12.8. The summed E-state index contributed by atoms with van der Waals surface area (Å²) < 4.78 is 0. The second kappa shape index (κ2) is 6.97. The molecule has 0 spiro atoms. The second-order valence-electron chi connectivity index (χ2n) is 5.55. The summed E-state index contributed by atoms with van der Waals surface area (Å²) in [6, 6.07) is 3.47. The van der Waals surface area contributed by atoms with Gasteiger partial charge in [-0.05, 0) is 37.5 Å². The first kappa shape index (κ1) is 16.8. The van der Waals surface area contributed by atoms with E-state index in [1.165, 1.54) is 12.1 Å². The van der Waals surface area contributed by atoms with Crippen LogP contribution >= 0.6 is 0 Å². The van der Waals surface area contributed by atoms with E-state index in [1.807, 2.05) is 6.92 Å². The van der Waals surface area contributed by atoms with Gasteiger partial charge < -0.3 is 20.4 Å². The highest BCUT2D eigenvalue weighted by Crippen LogP contribution is 2.22. The Morgan fingerprint density at radius 1 is 1.29 bits per heavy atom. The Morgan fingerprint density at radius 3 is 2.43 bits per heavy atom. The average Bonchev–Trinajstić information content (AvgIpc) is 2.38. The normalized spacial score (nSPS) is 12.0. The number of phenolic OH excluding ortho intramolecular Hbond substituents is 1. The molecule has 0 saturated carbocycles. The number of benzene rings is 1. The van der Waals surface area contributed by atoms with Gasteiger partial charge in [0, 0.05) is 13.1 Å². The number of rotatable bonds is 5. The van der Waals surface area contributed by atoms with E-state index in [0.717, 1.165) is 12.5 Å². The lowest BCUT2D eigenvalue weighted by Gasteiger charge is -2.26. The Morgan fingerprint density at radius 2 is 1.90 bits per heavy atom. The number of hydrogen-bond donors (Lipinski definition) is 3. The van der Waals surface area contributed by atoms with Crippen molar-refractivity contribution in [2.45, 2.75) is 33.2 Å². The summed E-state index contributed by atoms with van der Waals surface area (Å²) in [7, 11) is 1.67. The average molecular weight is 294 g/mol. The third-order valence-electron chi connectivity index (χ3n) is 3.27. The fraction of sp³-hybridized carbons (Fsp3) is 0.467. The van der Waals surface area contributed by atoms with Gasteiger partial charge in [-0.2, -0.15) is 0 Å². The topological polar surface area (TPSA) is 89.9 Å². The number of aromatic hydroxyl groups is 1. The Balaban J connectivity index is 2.86. The van der Waals surface area contributed by atoms with Crippen molar-refractivity contribution in [3.8, 4) is 5.75 Å². The number of carboxylic acid groups (broad SMARTS) is 1. The highest BCUT2D eigenvalue weighted by Gasteiger charge is 2.19. The van der Waals surface area contributed by atoms with E-state index in [2.05, 4.69) is 19.2 Å². The molecular weight excluding hydrogens is 272 g/mol. The number of carboxylic acids is 1. The Bertz CT molecular complexity index is 528. The third-order valence-corrected chi connectivity index (χ3v) is 3.27. The molecule has 0 heterocycles. The highest BCUT2D eigenvalue weighted by molar-refractivity contribution is 6.00. The van der Waals surface area contributed by atoms with Crippen molar-refractivity contribution in [3.63, 3.8) is 0 Å². The van der Waals surface area contributed by atoms with Crippen molar-refractivity contribution >= 4 is 17.7 Å². The number of aromatic carboxylic acids is 1. The fourth-order valence-corrected chi connectivity index (χ4v) is 2.06. The van der Waals surface area contributed by atoms with Crippen LogP contribution in [0.5, 0.6) is 5.75 Å². The second-order valence-corrected chi connectivity index (χ2v) is 5.55. The molecule has 0 aliphatic rings. The van der Waals surface area contributed by atoms with Crippen LogP contribution in [0.25, 0.3) is 0 Å². The number of phenols is 1. The zero-order valence-corrected chi connectivity index (χ0v) is 12.8. The molecular formula is C15H22N2O4. The molecule has 6 nitrogen and oxygen atoms in total. The first-order valence-corrected chi connectivity index (χ1v) is 6.82. The van der Waals surface area contributed by atoms with Crippen LogP contribution in [0.4, 0.5) is 10.5 Å². The lowest BCUT2D eigenvalue weighted by molar-refractivity contribution is 0.0697. The van der Waals surface area contributed by atoms with Gasteiger partial charge in [-0.3, -0.25) is 0 Å². The highest BCUT2D eigenvalue weighted by atomic mass is 16.4. The van der Waals surface area contributed by atoms with E-state index < -0.39 is 5.97 Å². The maximum Gasteiger partial charge on any atom is 0.337 e. The molecule has 1 aromatic carbocycles. The number of carbonyl (C=O) groups is 2. The van der Waals surface area contributed by atoms with Gasteiger partial charge in [0.05, 0.1) is 11.3 Å². The first-order valence-electron chi connectivity index (χ1n) is 6.82. The fourth-order valence-electron chi connectivity index (χ4n) is 2.06. The van der Waals surface area contributed by atoms with Crippen LogP contribution in [0.1, 0.15) is 37.6 Å². The standard InChI is InChI=1S/C15H22N2O4/c1-9(2)7-10(3)17(4)15(21)16-13-6-5-11(18)8-12(13)14(19)20/h5-6,8-10,18H,7H2,1-4H3,(H,16,21)(H,19,20). The lowest BCUT2D eigenvalue weighted by atomic mass is 10.0. The third kappa shape index (κ3) is 4.66. The van der Waals surface area contributed by atoms with E-state index in [0.29, 0.717) is 5.92 Å². The monoisotopic (exact) mass is 294 g/mol. The van der Waals surface area contributed by atoms with Crippen LogP contribution in [0.2, 0.25) is 0 Å². The predicted molar refractivity (Wildman–Crippen MR) is 80.8 cm³/mol. The first-order chi connectivity index (χ1) is 9.72. The molecule has 0 fully saturated rings. The number of urea groups is 1. The summed E-state index contributed by atoms with van der Waals surface area (Å²) in [5.41, 5.74) is 0.0159. The summed E-state index contributed by atoms with van der Waals surface area (Å²) in [6.45, 7) is 6.09. The van der Waals surface area contributed by atoms with Crippen molar-refractivity contribution < 1.29 is 19.8 Å². The van der Waals surface area contributed by atoms with Gasteiger partial charge in [-0.25, -0.2) is 9.59 Å². The summed E-state index contributed by atoms with van der Waals surface area (Å²) in [5.74, 6) is -0.912. The van der Waals surface area contributed by atoms with Gasteiger partial charge in [-0.15, -0.1) is 0 Å². The van der Waals surface area contributed by atoms with Gasteiger partial charge in [0.1, 0.15) is 5.75 Å². The van der Waals surface area contributed by atoms with E-state index in [9.17, 15) is 14.7 Å². The lowest BCUT2D eigenvalue weighted by Crippen LogP contribution is -2.39. The van der Waals surface area contributed by atoms with Crippen molar-refractivity contribution in [3.05, 3.63) is 23.8 Å². The summed E-state index contributed by atoms with van der Waals surface area (Å²) in [6.07, 6.45) is 0.852. The molecule has 1 unspecified atom stereocenters. The van der Waals surface area contributed by atoms with Crippen LogP contribution in [-0.4, -0.2) is 40.2 Å². The summed E-state index contributed by atoms with van der Waals surface area (Å²) >= 11 is 0. The minimum absolute atomic E-state index is 0.0374. The number of carbonyl (C=O) groups excluding carboxylic acids is 1. The number of hydrogen-bond acceptors (Lipinski definition) is 3. The van der Waals surface area contributed by atoms with Gasteiger partial charge >= 0.3 is 12.0 Å². The van der Waals surface area contributed by atoms with E-state index in [-0.39, 0.29) is 29.1 Å². The minimum atomic E-state index is -1.21. The molecule has 2 amide bonds. The quantitative estimate of drug-likeness (QED) is 0.728. The maximum atomic E-state index is 12.2. The Kier molecular flexibility index (Phi) is 5.58. The molecule has 1 aromatic rings. The molecule has 0 radical (unpaired) electrons. The van der Waals surface area contributed by atoms with Crippen molar-refractivity contribution in [2.24, 2.45) is 5.92 Å². The summed E-state index contributed by atoms with van der Waals surface area (Å²) in [4.78, 5) is 24.8. The van der Waals surface area contributed by atoms with Crippen LogP contribution in [0.15, 0.2) is 18.2 Å². The largest absolute Gasteiger partial charge is 0.508 e. The van der Waals surface area contributed by atoms with Crippen LogP contribution in [-0.2, 0) is 0 Å². The zero-order chi connectivity index (χ0) is 16.2. The maximum absolute atomic E-state index is 12.2. The van der Waals surface area contributed by atoms with Crippen molar-refractivity contribution in [2.75, 3.05) is 12.4 Å². The molecule has 1 rings (SSSR count). The van der Waals surface area contributed by atoms with Crippen LogP contribution < -0.4 is 5.32 Å². The molecule has 3 N–H and O–H groups in total. The van der Waals surface area contributed by atoms with Crippen molar-refractivity contribution in [1.29, 1.82) is 0 Å². The number of nitrogens with one attached hydrogen (secondary N) is 1. The minimum Gasteiger partial charge on any atom is -0.508 e. The number of amides is 2.